The number of carbonyl (C=O) groups is 1. The minimum Gasteiger partial charge on any atom is -0.488 e. The molecule has 1 fully saturated rings. The third-order valence-corrected chi connectivity index (χ3v) is 3.70. The third-order valence-electron chi connectivity index (χ3n) is 3.37. The van der Waals surface area contributed by atoms with Crippen molar-refractivity contribution in [3.63, 3.8) is 0 Å². The molecule has 0 spiro atoms. The first-order chi connectivity index (χ1) is 10.8. The van der Waals surface area contributed by atoms with Gasteiger partial charge in [-0.15, -0.1) is 0 Å². The van der Waals surface area contributed by atoms with Crippen LogP contribution >= 0.6 is 11.6 Å². The molecule has 0 N–H and O–H groups in total. The number of hydrogen-bond acceptors (Lipinski definition) is 4. The van der Waals surface area contributed by atoms with Gasteiger partial charge in [-0.2, -0.15) is 0 Å². The summed E-state index contributed by atoms with van der Waals surface area (Å²) in [6.07, 6.45) is 0.184. The third kappa shape index (κ3) is 3.30. The van der Waals surface area contributed by atoms with Crippen molar-refractivity contribution in [1.82, 2.24) is 0 Å². The fourth-order valence-electron chi connectivity index (χ4n) is 2.26. The summed E-state index contributed by atoms with van der Waals surface area (Å²) in [6, 6.07) is 13.1. The number of halogens is 1. The highest BCUT2D eigenvalue weighted by atomic mass is 35.5. The molecule has 1 aliphatic heterocycles. The van der Waals surface area contributed by atoms with Crippen LogP contribution in [0.15, 0.2) is 42.5 Å². The van der Waals surface area contributed by atoms with E-state index in [9.17, 15) is 4.79 Å². The lowest BCUT2D eigenvalue weighted by molar-refractivity contribution is -0.0458. The Morgan fingerprint density at radius 3 is 2.59 bits per heavy atom. The topological polar surface area (TPSA) is 44.8 Å². The van der Waals surface area contributed by atoms with Crippen molar-refractivity contribution < 1.29 is 19.0 Å². The summed E-state index contributed by atoms with van der Waals surface area (Å²) >= 11 is 6.10. The van der Waals surface area contributed by atoms with Crippen LogP contribution in [0, 0.1) is 0 Å². The Labute approximate surface area is 133 Å². The van der Waals surface area contributed by atoms with Gasteiger partial charge in [0.2, 0.25) is 0 Å². The molecule has 114 valence electrons. The number of benzene rings is 2. The van der Waals surface area contributed by atoms with Gasteiger partial charge in [-0.3, -0.25) is 4.79 Å². The van der Waals surface area contributed by atoms with E-state index in [1.54, 1.807) is 12.1 Å². The fourth-order valence-corrected chi connectivity index (χ4v) is 2.46. The van der Waals surface area contributed by atoms with Crippen LogP contribution in [0.3, 0.4) is 0 Å². The Hall–Kier alpha value is -1.88. The molecule has 5 heteroatoms. The van der Waals surface area contributed by atoms with Crippen molar-refractivity contribution in [3.05, 3.63) is 64.2 Å². The quantitative estimate of drug-likeness (QED) is 0.787. The molecule has 1 saturated heterocycles. The van der Waals surface area contributed by atoms with Crippen LogP contribution < -0.4 is 4.74 Å². The smallest absolute Gasteiger partial charge is 0.187 e. The molecule has 0 radical (unpaired) electrons. The van der Waals surface area contributed by atoms with E-state index >= 15 is 0 Å². The number of ether oxygens (including phenoxy) is 3. The van der Waals surface area contributed by atoms with Crippen molar-refractivity contribution in [1.29, 1.82) is 0 Å². The summed E-state index contributed by atoms with van der Waals surface area (Å²) in [5, 5.41) is 0.347. The maximum Gasteiger partial charge on any atom is 0.187 e. The lowest BCUT2D eigenvalue weighted by Crippen LogP contribution is -2.05. The summed E-state index contributed by atoms with van der Waals surface area (Å²) in [5.41, 5.74) is 2.11. The highest BCUT2D eigenvalue weighted by Crippen LogP contribution is 2.35. The van der Waals surface area contributed by atoms with Crippen molar-refractivity contribution >= 4 is 17.9 Å². The lowest BCUT2D eigenvalue weighted by Gasteiger charge is -2.17. The summed E-state index contributed by atoms with van der Waals surface area (Å²) in [4.78, 5) is 11.1. The van der Waals surface area contributed by atoms with Crippen LogP contribution in [0.2, 0.25) is 5.02 Å². The molecule has 0 aromatic heterocycles. The van der Waals surface area contributed by atoms with Crippen molar-refractivity contribution in [2.45, 2.75) is 12.9 Å². The molecule has 1 aliphatic rings. The molecular weight excluding hydrogens is 304 g/mol. The Morgan fingerprint density at radius 1 is 1.18 bits per heavy atom. The minimum atomic E-state index is -0.526. The first-order valence-corrected chi connectivity index (χ1v) is 7.34. The van der Waals surface area contributed by atoms with Gasteiger partial charge in [-0.1, -0.05) is 41.9 Å². The molecule has 0 atom stereocenters. The molecule has 0 aliphatic carbocycles. The van der Waals surface area contributed by atoms with E-state index in [0.29, 0.717) is 48.0 Å². The number of carbonyl (C=O) groups excluding carboxylic acids is 1. The predicted octanol–water partition coefficient (Wildman–Crippen LogP) is 3.78. The van der Waals surface area contributed by atoms with Gasteiger partial charge in [0, 0.05) is 5.56 Å². The standard InChI is InChI=1S/C17H15ClO4/c18-15-9-16(22-11-12-4-2-1-3-5-12)14(8-13(15)10-19)17-20-6-7-21-17/h1-5,8-10,17H,6-7,11H2. The predicted molar refractivity (Wildman–Crippen MR) is 82.3 cm³/mol. The molecule has 3 rings (SSSR count). The number of hydrogen-bond donors (Lipinski definition) is 0. The molecule has 2 aromatic carbocycles. The van der Waals surface area contributed by atoms with Gasteiger partial charge >= 0.3 is 0 Å². The van der Waals surface area contributed by atoms with E-state index in [-0.39, 0.29) is 0 Å². The first-order valence-electron chi connectivity index (χ1n) is 6.96. The molecule has 1 heterocycles. The van der Waals surface area contributed by atoms with Crippen LogP contribution in [0.1, 0.15) is 27.8 Å². The SMILES string of the molecule is O=Cc1cc(C2OCCO2)c(OCc2ccccc2)cc1Cl. The summed E-state index contributed by atoms with van der Waals surface area (Å²) in [6.45, 7) is 1.43. The van der Waals surface area contributed by atoms with E-state index in [4.69, 9.17) is 25.8 Å². The van der Waals surface area contributed by atoms with E-state index in [2.05, 4.69) is 0 Å². The second-order valence-electron chi connectivity index (χ2n) is 4.88. The maximum absolute atomic E-state index is 11.1. The van der Waals surface area contributed by atoms with Gasteiger partial charge in [-0.25, -0.2) is 0 Å². The average molecular weight is 319 g/mol. The van der Waals surface area contributed by atoms with E-state index in [1.165, 1.54) is 0 Å². The minimum absolute atomic E-state index is 0.347. The van der Waals surface area contributed by atoms with E-state index < -0.39 is 6.29 Å². The molecule has 22 heavy (non-hydrogen) atoms. The van der Waals surface area contributed by atoms with Crippen LogP contribution in [0.5, 0.6) is 5.75 Å². The van der Waals surface area contributed by atoms with Crippen LogP contribution in [0.4, 0.5) is 0 Å². The Balaban J connectivity index is 1.87. The summed E-state index contributed by atoms with van der Waals surface area (Å²) < 4.78 is 16.9. The molecule has 4 nitrogen and oxygen atoms in total. The fraction of sp³-hybridized carbons (Fsp3) is 0.235. The Morgan fingerprint density at radius 2 is 1.91 bits per heavy atom. The number of aldehydes is 1. The second kappa shape index (κ2) is 6.92. The monoisotopic (exact) mass is 318 g/mol. The largest absolute Gasteiger partial charge is 0.488 e. The highest BCUT2D eigenvalue weighted by molar-refractivity contribution is 6.33. The second-order valence-corrected chi connectivity index (χ2v) is 5.28. The summed E-state index contributed by atoms with van der Waals surface area (Å²) in [5.74, 6) is 0.561. The zero-order chi connectivity index (χ0) is 15.4. The summed E-state index contributed by atoms with van der Waals surface area (Å²) in [7, 11) is 0. The first kappa shape index (κ1) is 15.0. The molecule has 0 unspecified atom stereocenters. The number of rotatable bonds is 5. The Bertz CT molecular complexity index is 651. The zero-order valence-electron chi connectivity index (χ0n) is 11.8. The van der Waals surface area contributed by atoms with Crippen LogP contribution in [-0.2, 0) is 16.1 Å². The van der Waals surface area contributed by atoms with Crippen molar-refractivity contribution in [2.75, 3.05) is 13.2 Å². The van der Waals surface area contributed by atoms with Crippen molar-refractivity contribution in [3.8, 4) is 5.75 Å². The van der Waals surface area contributed by atoms with E-state index in [1.807, 2.05) is 30.3 Å². The van der Waals surface area contributed by atoms with Gasteiger partial charge in [0.25, 0.3) is 0 Å². The lowest BCUT2D eigenvalue weighted by atomic mass is 10.1. The van der Waals surface area contributed by atoms with E-state index in [0.717, 1.165) is 5.56 Å². The maximum atomic E-state index is 11.1. The molecule has 2 aromatic rings. The van der Waals surface area contributed by atoms with Crippen molar-refractivity contribution in [2.24, 2.45) is 0 Å². The van der Waals surface area contributed by atoms with Gasteiger partial charge < -0.3 is 14.2 Å². The van der Waals surface area contributed by atoms with Gasteiger partial charge in [-0.05, 0) is 17.7 Å². The molecule has 0 saturated carbocycles. The zero-order valence-corrected chi connectivity index (χ0v) is 12.6. The average Bonchev–Trinajstić information content (AvgIpc) is 3.08. The normalized spacial score (nSPS) is 15.0. The molecular formula is C17H15ClO4. The molecule has 0 bridgehead atoms. The van der Waals surface area contributed by atoms with Gasteiger partial charge in [0.15, 0.2) is 12.6 Å². The van der Waals surface area contributed by atoms with Crippen LogP contribution in [-0.4, -0.2) is 19.5 Å². The van der Waals surface area contributed by atoms with Gasteiger partial charge in [0.1, 0.15) is 12.4 Å². The highest BCUT2D eigenvalue weighted by Gasteiger charge is 2.24. The van der Waals surface area contributed by atoms with Crippen LogP contribution in [0.25, 0.3) is 0 Å². The Kier molecular flexibility index (Phi) is 4.73. The molecule has 0 amide bonds. The van der Waals surface area contributed by atoms with Gasteiger partial charge in [0.05, 0.1) is 23.8 Å².